The Bertz CT molecular complexity index is 568. The second-order valence-corrected chi connectivity index (χ2v) is 13.6. The van der Waals surface area contributed by atoms with Crippen molar-refractivity contribution in [1.82, 2.24) is 4.90 Å². The number of ether oxygens (including phenoxy) is 1. The number of amides is 1. The summed E-state index contributed by atoms with van der Waals surface area (Å²) in [6, 6.07) is 10.1. The number of benzene rings is 1. The van der Waals surface area contributed by atoms with E-state index in [-0.39, 0.29) is 17.2 Å². The molecule has 0 N–H and O–H groups in total. The molecule has 2 rings (SSSR count). The summed E-state index contributed by atoms with van der Waals surface area (Å²) in [6.07, 6.45) is 3.98. The first-order valence-electron chi connectivity index (χ1n) is 9.82. The predicted octanol–water partition coefficient (Wildman–Crippen LogP) is 5.59. The van der Waals surface area contributed by atoms with Crippen LogP contribution in [-0.2, 0) is 15.8 Å². The molecule has 0 radical (unpaired) electrons. The lowest BCUT2D eigenvalue weighted by molar-refractivity contribution is 0.0617. The zero-order valence-electron chi connectivity index (χ0n) is 17.1. The monoisotopic (exact) mass is 377 g/mol. The number of rotatable bonds is 6. The zero-order chi connectivity index (χ0) is 19.2. The first kappa shape index (κ1) is 21.0. The van der Waals surface area contributed by atoms with Gasteiger partial charge in [-0.15, -0.1) is 0 Å². The van der Waals surface area contributed by atoms with Crippen molar-refractivity contribution >= 4 is 14.4 Å². The molecule has 1 amide bonds. The third kappa shape index (κ3) is 5.85. The highest BCUT2D eigenvalue weighted by Gasteiger charge is 2.37. The lowest BCUT2D eigenvalue weighted by Crippen LogP contribution is -2.46. The molecule has 1 unspecified atom stereocenters. The second-order valence-electron chi connectivity index (χ2n) is 8.78. The number of piperidine rings is 1. The average molecular weight is 378 g/mol. The molecule has 26 heavy (non-hydrogen) atoms. The fourth-order valence-corrected chi connectivity index (χ4v) is 4.07. The summed E-state index contributed by atoms with van der Waals surface area (Å²) in [7, 11) is -1.73. The Labute approximate surface area is 160 Å². The van der Waals surface area contributed by atoms with E-state index in [9.17, 15) is 4.79 Å². The van der Waals surface area contributed by atoms with Crippen molar-refractivity contribution in [3.63, 3.8) is 0 Å². The highest BCUT2D eigenvalue weighted by molar-refractivity contribution is 6.74. The maximum Gasteiger partial charge on any atom is 0.410 e. The van der Waals surface area contributed by atoms with Crippen LogP contribution in [0.25, 0.3) is 0 Å². The van der Waals surface area contributed by atoms with Crippen LogP contribution in [0.1, 0.15) is 52.0 Å². The second kappa shape index (κ2) is 9.04. The summed E-state index contributed by atoms with van der Waals surface area (Å²) < 4.78 is 11.9. The molecule has 0 bridgehead atoms. The highest BCUT2D eigenvalue weighted by Crippen LogP contribution is 2.36. The van der Waals surface area contributed by atoms with E-state index in [1.165, 1.54) is 6.42 Å². The van der Waals surface area contributed by atoms with Gasteiger partial charge in [0.1, 0.15) is 6.61 Å². The van der Waals surface area contributed by atoms with Crippen molar-refractivity contribution in [2.24, 2.45) is 0 Å². The summed E-state index contributed by atoms with van der Waals surface area (Å²) in [5.41, 5.74) is 1.02. The summed E-state index contributed by atoms with van der Waals surface area (Å²) in [6.45, 7) is 13.2. The molecule has 1 saturated heterocycles. The summed E-state index contributed by atoms with van der Waals surface area (Å²) >= 11 is 0. The lowest BCUT2D eigenvalue weighted by atomic mass is 10.0. The van der Waals surface area contributed by atoms with E-state index >= 15 is 0 Å². The van der Waals surface area contributed by atoms with Gasteiger partial charge in [0.15, 0.2) is 8.32 Å². The van der Waals surface area contributed by atoms with Crippen molar-refractivity contribution in [1.29, 1.82) is 0 Å². The maximum absolute atomic E-state index is 12.6. The molecule has 4 nitrogen and oxygen atoms in total. The molecule has 1 fully saturated rings. The van der Waals surface area contributed by atoms with Gasteiger partial charge in [-0.3, -0.25) is 0 Å². The van der Waals surface area contributed by atoms with E-state index in [1.54, 1.807) is 0 Å². The summed E-state index contributed by atoms with van der Waals surface area (Å²) in [5.74, 6) is 0. The minimum atomic E-state index is -1.73. The molecule has 1 aliphatic heterocycles. The van der Waals surface area contributed by atoms with Crippen molar-refractivity contribution in [3.05, 3.63) is 35.9 Å². The topological polar surface area (TPSA) is 38.8 Å². The van der Waals surface area contributed by atoms with Gasteiger partial charge in [0, 0.05) is 19.2 Å². The number of carbonyl (C=O) groups excluding carboxylic acids is 1. The first-order chi connectivity index (χ1) is 12.2. The van der Waals surface area contributed by atoms with Crippen LogP contribution in [-0.4, -0.2) is 38.5 Å². The summed E-state index contributed by atoms with van der Waals surface area (Å²) in [5, 5.41) is 0.216. The molecule has 0 saturated carbocycles. The number of carbonyl (C=O) groups is 1. The van der Waals surface area contributed by atoms with Crippen molar-refractivity contribution in [2.45, 2.75) is 77.2 Å². The SMILES string of the molecule is CC(C)(C)[Si](C)(C)OCCC1CCCCN1C(=O)OCc1ccccc1. The minimum Gasteiger partial charge on any atom is -0.445 e. The fraction of sp³-hybridized carbons (Fsp3) is 0.667. The van der Waals surface area contributed by atoms with Gasteiger partial charge in [0.25, 0.3) is 0 Å². The van der Waals surface area contributed by atoms with Crippen LogP contribution in [0.2, 0.25) is 18.1 Å². The van der Waals surface area contributed by atoms with Crippen molar-refractivity contribution in [2.75, 3.05) is 13.2 Å². The number of hydrogen-bond donors (Lipinski definition) is 0. The Morgan fingerprint density at radius 2 is 1.88 bits per heavy atom. The Hall–Kier alpha value is -1.33. The van der Waals surface area contributed by atoms with E-state index in [0.29, 0.717) is 6.61 Å². The highest BCUT2D eigenvalue weighted by atomic mass is 28.4. The number of hydrogen-bond acceptors (Lipinski definition) is 3. The van der Waals surface area contributed by atoms with Crippen LogP contribution in [0.15, 0.2) is 30.3 Å². The standard InChI is InChI=1S/C21H35NO3Si/c1-21(2,3)26(4,5)25-16-14-19-13-9-10-15-22(19)20(23)24-17-18-11-7-6-8-12-18/h6-8,11-12,19H,9-10,13-17H2,1-5H3. The molecule has 1 heterocycles. The predicted molar refractivity (Wildman–Crippen MR) is 109 cm³/mol. The molecule has 1 aromatic carbocycles. The van der Waals surface area contributed by atoms with Crippen LogP contribution in [0.4, 0.5) is 4.79 Å². The van der Waals surface area contributed by atoms with Gasteiger partial charge in [-0.25, -0.2) is 4.79 Å². The molecule has 5 heteroatoms. The van der Waals surface area contributed by atoms with E-state index in [0.717, 1.165) is 38.0 Å². The van der Waals surface area contributed by atoms with E-state index in [1.807, 2.05) is 35.2 Å². The number of nitrogens with zero attached hydrogens (tertiary/aromatic N) is 1. The molecule has 0 aromatic heterocycles. The molecular formula is C21H35NO3Si. The molecule has 0 aliphatic carbocycles. The number of likely N-dealkylation sites (tertiary alicyclic amines) is 1. The van der Waals surface area contributed by atoms with Crippen LogP contribution in [0.3, 0.4) is 0 Å². The molecule has 1 atom stereocenters. The van der Waals surface area contributed by atoms with Crippen LogP contribution >= 0.6 is 0 Å². The molecular weight excluding hydrogens is 342 g/mol. The van der Waals surface area contributed by atoms with E-state index in [4.69, 9.17) is 9.16 Å². The van der Waals surface area contributed by atoms with Crippen LogP contribution in [0.5, 0.6) is 0 Å². The van der Waals surface area contributed by atoms with Crippen LogP contribution in [0, 0.1) is 0 Å². The Morgan fingerprint density at radius 3 is 2.54 bits per heavy atom. The third-order valence-corrected chi connectivity index (χ3v) is 10.3. The van der Waals surface area contributed by atoms with Crippen molar-refractivity contribution in [3.8, 4) is 0 Å². The van der Waals surface area contributed by atoms with Crippen molar-refractivity contribution < 1.29 is 14.0 Å². The maximum atomic E-state index is 12.6. The van der Waals surface area contributed by atoms with Crippen LogP contribution < -0.4 is 0 Å². The van der Waals surface area contributed by atoms with E-state index in [2.05, 4.69) is 33.9 Å². The Morgan fingerprint density at radius 1 is 1.19 bits per heavy atom. The third-order valence-electron chi connectivity index (χ3n) is 5.79. The largest absolute Gasteiger partial charge is 0.445 e. The molecule has 1 aliphatic rings. The summed E-state index contributed by atoms with van der Waals surface area (Å²) in [4.78, 5) is 14.5. The lowest BCUT2D eigenvalue weighted by Gasteiger charge is -2.38. The van der Waals surface area contributed by atoms with Gasteiger partial charge < -0.3 is 14.1 Å². The first-order valence-corrected chi connectivity index (χ1v) is 12.7. The van der Waals surface area contributed by atoms with Gasteiger partial charge >= 0.3 is 6.09 Å². The van der Waals surface area contributed by atoms with E-state index < -0.39 is 8.32 Å². The normalized spacial score (nSPS) is 18.7. The van der Waals surface area contributed by atoms with Gasteiger partial charge in [0.05, 0.1) is 0 Å². The molecule has 1 aromatic rings. The van der Waals surface area contributed by atoms with Gasteiger partial charge in [0.2, 0.25) is 0 Å². The Kier molecular flexibility index (Phi) is 7.30. The van der Waals surface area contributed by atoms with Gasteiger partial charge in [-0.05, 0) is 49.4 Å². The molecule has 146 valence electrons. The fourth-order valence-electron chi connectivity index (χ4n) is 3.01. The van der Waals surface area contributed by atoms with Gasteiger partial charge in [-0.1, -0.05) is 51.1 Å². The smallest absolute Gasteiger partial charge is 0.410 e. The Balaban J connectivity index is 1.85. The molecule has 0 spiro atoms. The minimum absolute atomic E-state index is 0.189. The average Bonchev–Trinajstić information content (AvgIpc) is 2.60. The zero-order valence-corrected chi connectivity index (χ0v) is 18.1. The van der Waals surface area contributed by atoms with Gasteiger partial charge in [-0.2, -0.15) is 0 Å². The quantitative estimate of drug-likeness (QED) is 0.607.